The Kier molecular flexibility index (Phi) is 6.32. The molecule has 0 aromatic heterocycles. The first kappa shape index (κ1) is 17.8. The van der Waals surface area contributed by atoms with Crippen molar-refractivity contribution in [2.24, 2.45) is 17.8 Å². The lowest BCUT2D eigenvalue weighted by atomic mass is 9.77. The van der Waals surface area contributed by atoms with E-state index < -0.39 is 0 Å². The predicted octanol–water partition coefficient (Wildman–Crippen LogP) is 7.28. The molecular weight excluding hydrogens is 332 g/mol. The first-order valence-corrected chi connectivity index (χ1v) is 9.68. The molecule has 0 radical (unpaired) electrons. The van der Waals surface area contributed by atoms with E-state index in [0.717, 1.165) is 5.92 Å². The molecule has 0 heterocycles. The third kappa shape index (κ3) is 4.04. The maximum atomic E-state index is 4.01. The van der Waals surface area contributed by atoms with Crippen LogP contribution in [0.4, 0.5) is 0 Å². The van der Waals surface area contributed by atoms with Crippen LogP contribution in [0, 0.1) is 31.6 Å². The number of aryl methyl sites for hydroxylation is 2. The van der Waals surface area contributed by atoms with Crippen molar-refractivity contribution in [2.75, 3.05) is 0 Å². The van der Waals surface area contributed by atoms with Crippen molar-refractivity contribution in [2.45, 2.75) is 66.7 Å². The van der Waals surface area contributed by atoms with E-state index in [1.165, 1.54) is 53.3 Å². The van der Waals surface area contributed by atoms with Crippen LogP contribution in [-0.4, -0.2) is 0 Å². The minimum Gasteiger partial charge on any atom is -0.0622 e. The van der Waals surface area contributed by atoms with Gasteiger partial charge in [-0.3, -0.25) is 0 Å². The third-order valence-corrected chi connectivity index (χ3v) is 6.49. The Labute approximate surface area is 145 Å². The molecule has 0 N–H and O–H groups in total. The van der Waals surface area contributed by atoms with E-state index >= 15 is 0 Å². The van der Waals surface area contributed by atoms with E-state index in [0.29, 0.717) is 11.8 Å². The van der Waals surface area contributed by atoms with E-state index in [2.05, 4.69) is 68.7 Å². The van der Waals surface area contributed by atoms with E-state index in [9.17, 15) is 0 Å². The zero-order valence-electron chi connectivity index (χ0n) is 14.9. The molecule has 22 heavy (non-hydrogen) atoms. The molecule has 1 aliphatic rings. The Balaban J connectivity index is 2.51. The van der Waals surface area contributed by atoms with Crippen LogP contribution >= 0.6 is 15.9 Å². The minimum atomic E-state index is 0.581. The van der Waals surface area contributed by atoms with E-state index in [1.54, 1.807) is 5.57 Å². The van der Waals surface area contributed by atoms with Crippen molar-refractivity contribution < 1.29 is 0 Å². The summed E-state index contributed by atoms with van der Waals surface area (Å²) in [7, 11) is 0. The maximum Gasteiger partial charge on any atom is 0.00223 e. The largest absolute Gasteiger partial charge is 0.0622 e. The maximum absolute atomic E-state index is 4.01. The van der Waals surface area contributed by atoms with Crippen LogP contribution in [0.3, 0.4) is 0 Å². The van der Waals surface area contributed by atoms with Gasteiger partial charge in [-0.1, -0.05) is 79.7 Å². The van der Waals surface area contributed by atoms with Crippen molar-refractivity contribution in [3.63, 3.8) is 0 Å². The quantitative estimate of drug-likeness (QED) is 0.527. The molecule has 0 aliphatic heterocycles. The van der Waals surface area contributed by atoms with Gasteiger partial charge in [0, 0.05) is 4.48 Å². The van der Waals surface area contributed by atoms with Gasteiger partial charge in [0.2, 0.25) is 0 Å². The first-order valence-electron chi connectivity index (χ1n) is 8.89. The Hall–Kier alpha value is -0.560. The van der Waals surface area contributed by atoms with Crippen molar-refractivity contribution in [1.82, 2.24) is 0 Å². The number of hydrogen-bond donors (Lipinski definition) is 0. The van der Waals surface area contributed by atoms with E-state index in [4.69, 9.17) is 0 Å². The van der Waals surface area contributed by atoms with Gasteiger partial charge in [0.25, 0.3) is 0 Å². The van der Waals surface area contributed by atoms with Crippen LogP contribution < -0.4 is 0 Å². The highest BCUT2D eigenvalue weighted by molar-refractivity contribution is 9.11. The van der Waals surface area contributed by atoms with Gasteiger partial charge in [-0.15, -0.1) is 0 Å². The van der Waals surface area contributed by atoms with Gasteiger partial charge in [-0.05, 0) is 61.1 Å². The summed E-state index contributed by atoms with van der Waals surface area (Å²) < 4.78 is 1.45. The van der Waals surface area contributed by atoms with Crippen molar-refractivity contribution in [3.8, 4) is 0 Å². The van der Waals surface area contributed by atoms with E-state index in [-0.39, 0.29) is 0 Å². The fraction of sp³-hybridized carbons (Fsp3) is 0.619. The molecule has 0 saturated heterocycles. The topological polar surface area (TPSA) is 0 Å². The second-order valence-corrected chi connectivity index (χ2v) is 8.30. The Morgan fingerprint density at radius 1 is 1.05 bits per heavy atom. The van der Waals surface area contributed by atoms with Gasteiger partial charge in [0.1, 0.15) is 0 Å². The van der Waals surface area contributed by atoms with Crippen LogP contribution in [0.25, 0.3) is 5.57 Å². The monoisotopic (exact) mass is 362 g/mol. The standard InChI is InChI=1S/C21H31Br/c1-14(2)17(5)21(22)20(18-9-7-6-8-10-18)19-12-11-15(3)13-16(19)4/h11-14,17-18H,6-10H2,1-5H3. The number of benzene rings is 1. The fourth-order valence-corrected chi connectivity index (χ4v) is 4.65. The Morgan fingerprint density at radius 2 is 1.68 bits per heavy atom. The zero-order chi connectivity index (χ0) is 16.3. The number of halogens is 1. The van der Waals surface area contributed by atoms with Crippen LogP contribution in [0.2, 0.25) is 0 Å². The zero-order valence-corrected chi connectivity index (χ0v) is 16.5. The molecule has 1 unspecified atom stereocenters. The van der Waals surface area contributed by atoms with Gasteiger partial charge in [-0.25, -0.2) is 0 Å². The van der Waals surface area contributed by atoms with Gasteiger partial charge in [-0.2, -0.15) is 0 Å². The lowest BCUT2D eigenvalue weighted by Gasteiger charge is -2.30. The van der Waals surface area contributed by atoms with Crippen LogP contribution in [0.1, 0.15) is 69.6 Å². The molecule has 1 fully saturated rings. The summed E-state index contributed by atoms with van der Waals surface area (Å²) in [4.78, 5) is 0. The van der Waals surface area contributed by atoms with Gasteiger partial charge >= 0.3 is 0 Å². The second-order valence-electron chi connectivity index (χ2n) is 7.45. The highest BCUT2D eigenvalue weighted by Crippen LogP contribution is 2.43. The molecule has 122 valence electrons. The molecule has 1 aliphatic carbocycles. The number of rotatable bonds is 4. The smallest absolute Gasteiger partial charge is 0.00223 e. The second kappa shape index (κ2) is 7.81. The summed E-state index contributed by atoms with van der Waals surface area (Å²) >= 11 is 4.01. The number of hydrogen-bond acceptors (Lipinski definition) is 0. The normalized spacial score (nSPS) is 19.2. The summed E-state index contributed by atoms with van der Waals surface area (Å²) in [6.45, 7) is 11.5. The molecule has 0 amide bonds. The highest BCUT2D eigenvalue weighted by Gasteiger charge is 2.25. The molecule has 1 heteroatoms. The van der Waals surface area contributed by atoms with Crippen molar-refractivity contribution in [3.05, 3.63) is 39.4 Å². The van der Waals surface area contributed by atoms with Gasteiger partial charge in [0.15, 0.2) is 0 Å². The average molecular weight is 363 g/mol. The van der Waals surface area contributed by atoms with Crippen LogP contribution in [0.5, 0.6) is 0 Å². The predicted molar refractivity (Wildman–Crippen MR) is 102 cm³/mol. The molecule has 1 aromatic rings. The summed E-state index contributed by atoms with van der Waals surface area (Å²) in [5.41, 5.74) is 5.85. The molecule has 1 saturated carbocycles. The lowest BCUT2D eigenvalue weighted by molar-refractivity contribution is 0.424. The average Bonchev–Trinajstić information content (AvgIpc) is 2.49. The molecular formula is C21H31Br. The van der Waals surface area contributed by atoms with Crippen molar-refractivity contribution >= 4 is 21.5 Å². The fourth-order valence-electron chi connectivity index (χ4n) is 3.59. The highest BCUT2D eigenvalue weighted by atomic mass is 79.9. The van der Waals surface area contributed by atoms with Crippen LogP contribution in [0.15, 0.2) is 22.7 Å². The molecule has 0 bridgehead atoms. The molecule has 1 atom stereocenters. The minimum absolute atomic E-state index is 0.581. The summed E-state index contributed by atoms with van der Waals surface area (Å²) in [6.07, 6.45) is 6.88. The summed E-state index contributed by atoms with van der Waals surface area (Å²) in [5, 5.41) is 0. The van der Waals surface area contributed by atoms with E-state index in [1.807, 2.05) is 0 Å². The molecule has 0 spiro atoms. The van der Waals surface area contributed by atoms with Gasteiger partial charge in [0.05, 0.1) is 0 Å². The summed E-state index contributed by atoms with van der Waals surface area (Å²) in [6, 6.07) is 6.95. The number of allylic oxidation sites excluding steroid dienone is 2. The van der Waals surface area contributed by atoms with Crippen LogP contribution in [-0.2, 0) is 0 Å². The lowest BCUT2D eigenvalue weighted by Crippen LogP contribution is -2.14. The molecule has 2 rings (SSSR count). The van der Waals surface area contributed by atoms with Crippen molar-refractivity contribution in [1.29, 1.82) is 0 Å². The SMILES string of the molecule is Cc1ccc(C(=C(Br)C(C)C(C)C)C2CCCCC2)c(C)c1. The molecule has 0 nitrogen and oxygen atoms in total. The first-order chi connectivity index (χ1) is 10.4. The summed E-state index contributed by atoms with van der Waals surface area (Å²) in [5.74, 6) is 1.97. The Bertz CT molecular complexity index is 533. The Morgan fingerprint density at radius 3 is 2.23 bits per heavy atom. The molecule has 1 aromatic carbocycles. The third-order valence-electron chi connectivity index (χ3n) is 5.34. The van der Waals surface area contributed by atoms with Gasteiger partial charge < -0.3 is 0 Å².